The molecule has 0 radical (unpaired) electrons. The summed E-state index contributed by atoms with van der Waals surface area (Å²) in [4.78, 5) is 23.9. The zero-order valence-electron chi connectivity index (χ0n) is 9.05. The lowest BCUT2D eigenvalue weighted by molar-refractivity contribution is -0.146. The predicted molar refractivity (Wildman–Crippen MR) is 57.4 cm³/mol. The largest absolute Gasteiger partial charge is 0.459 e. The first-order valence-electron chi connectivity index (χ1n) is 5.16. The molecule has 1 aliphatic rings. The van der Waals surface area contributed by atoms with E-state index in [1.807, 2.05) is 30.3 Å². The Morgan fingerprint density at radius 1 is 1.38 bits per heavy atom. The molecule has 1 aliphatic heterocycles. The molecule has 2 rings (SSSR count). The highest BCUT2D eigenvalue weighted by molar-refractivity contribution is 5.88. The lowest BCUT2D eigenvalue weighted by atomic mass is 10.2. The summed E-state index contributed by atoms with van der Waals surface area (Å²) in [5.41, 5.74) is 0.950. The highest BCUT2D eigenvalue weighted by Crippen LogP contribution is 2.19. The van der Waals surface area contributed by atoms with Crippen molar-refractivity contribution in [3.05, 3.63) is 35.9 Å². The number of carbonyl (C=O) groups is 2. The SMILES string of the molecule is CC(=O)N1C[C@H]1C(=O)OCc1ccccc1. The van der Waals surface area contributed by atoms with Crippen LogP contribution in [0.1, 0.15) is 12.5 Å². The van der Waals surface area contributed by atoms with Gasteiger partial charge in [0.1, 0.15) is 12.6 Å². The average Bonchev–Trinajstić information content (AvgIpc) is 3.07. The van der Waals surface area contributed by atoms with Crippen molar-refractivity contribution in [3.63, 3.8) is 0 Å². The van der Waals surface area contributed by atoms with Crippen LogP contribution in [0.15, 0.2) is 30.3 Å². The van der Waals surface area contributed by atoms with Crippen molar-refractivity contribution >= 4 is 11.9 Å². The fraction of sp³-hybridized carbons (Fsp3) is 0.333. The highest BCUT2D eigenvalue weighted by atomic mass is 16.5. The molecule has 1 aromatic carbocycles. The molecular formula is C12H13NO3. The number of esters is 1. The van der Waals surface area contributed by atoms with Crippen molar-refractivity contribution in [1.82, 2.24) is 4.90 Å². The van der Waals surface area contributed by atoms with Crippen LogP contribution in [-0.4, -0.2) is 29.4 Å². The summed E-state index contributed by atoms with van der Waals surface area (Å²) in [6.45, 7) is 2.20. The van der Waals surface area contributed by atoms with E-state index in [4.69, 9.17) is 4.74 Å². The molecule has 0 unspecified atom stereocenters. The number of nitrogens with zero attached hydrogens (tertiary/aromatic N) is 1. The normalized spacial score (nSPS) is 18.1. The Kier molecular flexibility index (Phi) is 2.90. The van der Waals surface area contributed by atoms with Crippen molar-refractivity contribution < 1.29 is 14.3 Å². The Morgan fingerprint density at radius 3 is 2.62 bits per heavy atom. The number of benzene rings is 1. The number of carbonyl (C=O) groups excluding carboxylic acids is 2. The lowest BCUT2D eigenvalue weighted by Crippen LogP contribution is -2.18. The number of rotatable bonds is 3. The second kappa shape index (κ2) is 4.35. The maximum atomic E-state index is 11.5. The second-order valence-corrected chi connectivity index (χ2v) is 3.78. The molecule has 1 amide bonds. The van der Waals surface area contributed by atoms with Gasteiger partial charge in [-0.2, -0.15) is 0 Å². The van der Waals surface area contributed by atoms with Gasteiger partial charge in [0.05, 0.1) is 6.54 Å². The van der Waals surface area contributed by atoms with E-state index in [9.17, 15) is 9.59 Å². The molecular weight excluding hydrogens is 206 g/mol. The quantitative estimate of drug-likeness (QED) is 0.562. The molecule has 0 aliphatic carbocycles. The van der Waals surface area contributed by atoms with E-state index in [0.717, 1.165) is 5.56 Å². The van der Waals surface area contributed by atoms with Crippen molar-refractivity contribution in [2.75, 3.05) is 6.54 Å². The van der Waals surface area contributed by atoms with E-state index in [1.165, 1.54) is 11.8 Å². The zero-order valence-corrected chi connectivity index (χ0v) is 9.05. The molecule has 84 valence electrons. The molecule has 1 fully saturated rings. The van der Waals surface area contributed by atoms with Crippen molar-refractivity contribution in [1.29, 1.82) is 0 Å². The number of hydrogen-bond acceptors (Lipinski definition) is 3. The van der Waals surface area contributed by atoms with E-state index < -0.39 is 0 Å². The maximum absolute atomic E-state index is 11.5. The summed E-state index contributed by atoms with van der Waals surface area (Å²) >= 11 is 0. The number of ether oxygens (including phenoxy) is 1. The standard InChI is InChI=1S/C12H13NO3/c1-9(14)13-7-11(13)12(15)16-8-10-5-3-2-4-6-10/h2-6,11H,7-8H2,1H3/t11-,13?/m0/s1. The van der Waals surface area contributed by atoms with Crippen LogP contribution in [0.4, 0.5) is 0 Å². The smallest absolute Gasteiger partial charge is 0.331 e. The monoisotopic (exact) mass is 219 g/mol. The molecule has 0 aromatic heterocycles. The minimum atomic E-state index is -0.360. The van der Waals surface area contributed by atoms with E-state index >= 15 is 0 Å². The van der Waals surface area contributed by atoms with Crippen LogP contribution in [0.2, 0.25) is 0 Å². The fourth-order valence-corrected chi connectivity index (χ4v) is 1.51. The van der Waals surface area contributed by atoms with Crippen LogP contribution < -0.4 is 0 Å². The van der Waals surface area contributed by atoms with Crippen LogP contribution in [0.5, 0.6) is 0 Å². The lowest BCUT2D eigenvalue weighted by Gasteiger charge is -2.04. The molecule has 4 nitrogen and oxygen atoms in total. The van der Waals surface area contributed by atoms with Gasteiger partial charge in [0, 0.05) is 6.92 Å². The van der Waals surface area contributed by atoms with Gasteiger partial charge in [-0.3, -0.25) is 4.79 Å². The molecule has 0 N–H and O–H groups in total. The number of hydrogen-bond donors (Lipinski definition) is 0. The molecule has 1 atom stereocenters. The summed E-state index contributed by atoms with van der Waals surface area (Å²) in [6, 6.07) is 9.11. The van der Waals surface area contributed by atoms with Crippen LogP contribution in [0.3, 0.4) is 0 Å². The predicted octanol–water partition coefficient (Wildman–Crippen LogP) is 0.960. The van der Waals surface area contributed by atoms with Crippen molar-refractivity contribution in [2.45, 2.75) is 19.6 Å². The average molecular weight is 219 g/mol. The third-order valence-electron chi connectivity index (χ3n) is 2.51. The third kappa shape index (κ3) is 2.39. The van der Waals surface area contributed by atoms with Gasteiger partial charge < -0.3 is 9.64 Å². The molecule has 0 bridgehead atoms. The van der Waals surface area contributed by atoms with Crippen LogP contribution in [-0.2, 0) is 20.9 Å². The molecule has 16 heavy (non-hydrogen) atoms. The van der Waals surface area contributed by atoms with Crippen LogP contribution in [0, 0.1) is 0 Å². The summed E-state index contributed by atoms with van der Waals surface area (Å²) < 4.78 is 5.10. The number of amides is 1. The summed E-state index contributed by atoms with van der Waals surface area (Å²) in [6.07, 6.45) is 0. The molecule has 1 aromatic rings. The summed E-state index contributed by atoms with van der Waals surface area (Å²) in [5.74, 6) is -0.402. The Morgan fingerprint density at radius 2 is 2.06 bits per heavy atom. The highest BCUT2D eigenvalue weighted by Gasteiger charge is 2.43. The fourth-order valence-electron chi connectivity index (χ4n) is 1.51. The van der Waals surface area contributed by atoms with Gasteiger partial charge in [-0.05, 0) is 5.56 Å². The topological polar surface area (TPSA) is 46.4 Å². The van der Waals surface area contributed by atoms with Gasteiger partial charge in [-0.25, -0.2) is 4.79 Å². The van der Waals surface area contributed by atoms with Gasteiger partial charge >= 0.3 is 5.97 Å². The van der Waals surface area contributed by atoms with E-state index in [2.05, 4.69) is 0 Å². The maximum Gasteiger partial charge on any atom is 0.331 e. The van der Waals surface area contributed by atoms with Crippen LogP contribution in [0.25, 0.3) is 0 Å². The summed E-state index contributed by atoms with van der Waals surface area (Å²) in [7, 11) is 0. The molecule has 0 spiro atoms. The van der Waals surface area contributed by atoms with Gasteiger partial charge in [0.2, 0.25) is 5.91 Å². The minimum absolute atomic E-state index is 0.0818. The Hall–Kier alpha value is -1.84. The van der Waals surface area contributed by atoms with E-state index in [1.54, 1.807) is 0 Å². The molecule has 1 heterocycles. The Balaban J connectivity index is 1.80. The summed E-state index contributed by atoms with van der Waals surface area (Å²) in [5, 5.41) is 0. The first-order valence-corrected chi connectivity index (χ1v) is 5.16. The molecule has 1 saturated heterocycles. The van der Waals surface area contributed by atoms with Gasteiger partial charge in [-0.1, -0.05) is 30.3 Å². The van der Waals surface area contributed by atoms with Gasteiger partial charge in [0.15, 0.2) is 0 Å². The Bertz CT molecular complexity index is 402. The Labute approximate surface area is 93.8 Å². The van der Waals surface area contributed by atoms with Gasteiger partial charge in [0.25, 0.3) is 0 Å². The van der Waals surface area contributed by atoms with E-state index in [0.29, 0.717) is 6.54 Å². The first-order chi connectivity index (χ1) is 7.68. The van der Waals surface area contributed by atoms with Crippen LogP contribution >= 0.6 is 0 Å². The molecule has 0 saturated carbocycles. The zero-order chi connectivity index (χ0) is 11.5. The first kappa shape index (κ1) is 10.7. The second-order valence-electron chi connectivity index (χ2n) is 3.78. The van der Waals surface area contributed by atoms with E-state index in [-0.39, 0.29) is 24.5 Å². The molecule has 4 heteroatoms. The van der Waals surface area contributed by atoms with Gasteiger partial charge in [-0.15, -0.1) is 0 Å². The third-order valence-corrected chi connectivity index (χ3v) is 2.51. The van der Waals surface area contributed by atoms with Crippen molar-refractivity contribution in [3.8, 4) is 0 Å². The minimum Gasteiger partial charge on any atom is -0.459 e. The van der Waals surface area contributed by atoms with Crippen molar-refractivity contribution in [2.24, 2.45) is 0 Å².